The molecule has 1 unspecified atom stereocenters. The van der Waals surface area contributed by atoms with Gasteiger partial charge >= 0.3 is 0 Å². The molecule has 1 nitrogen and oxygen atoms in total. The summed E-state index contributed by atoms with van der Waals surface area (Å²) in [5.41, 5.74) is 6.01. The van der Waals surface area contributed by atoms with Crippen LogP contribution in [0.3, 0.4) is 0 Å². The molecule has 0 aliphatic heterocycles. The predicted molar refractivity (Wildman–Crippen MR) is 74.2 cm³/mol. The van der Waals surface area contributed by atoms with Crippen molar-refractivity contribution in [3.05, 3.63) is 41.9 Å². The van der Waals surface area contributed by atoms with E-state index in [4.69, 9.17) is 17.3 Å². The molecule has 1 rings (SSSR count). The molecule has 16 heavy (non-hydrogen) atoms. The SMILES string of the molecule is C=CCCCC(N)CSc1cccc(Cl)c1. The van der Waals surface area contributed by atoms with E-state index >= 15 is 0 Å². The highest BCUT2D eigenvalue weighted by Crippen LogP contribution is 2.22. The third-order valence-electron chi connectivity index (χ3n) is 2.24. The Morgan fingerprint density at radius 1 is 1.50 bits per heavy atom. The maximum Gasteiger partial charge on any atom is 0.0417 e. The van der Waals surface area contributed by atoms with Crippen molar-refractivity contribution in [2.24, 2.45) is 5.73 Å². The number of hydrogen-bond donors (Lipinski definition) is 1. The lowest BCUT2D eigenvalue weighted by Gasteiger charge is -2.10. The normalized spacial score (nSPS) is 12.4. The fraction of sp³-hybridized carbons (Fsp3) is 0.385. The summed E-state index contributed by atoms with van der Waals surface area (Å²) in [6.45, 7) is 3.70. The van der Waals surface area contributed by atoms with Gasteiger partial charge in [-0.2, -0.15) is 0 Å². The molecule has 88 valence electrons. The molecule has 0 aliphatic rings. The van der Waals surface area contributed by atoms with Crippen LogP contribution in [0.1, 0.15) is 19.3 Å². The molecule has 0 bridgehead atoms. The number of hydrogen-bond acceptors (Lipinski definition) is 2. The fourth-order valence-electron chi connectivity index (χ4n) is 1.37. The first-order chi connectivity index (χ1) is 7.72. The Balaban J connectivity index is 2.25. The monoisotopic (exact) mass is 255 g/mol. The van der Waals surface area contributed by atoms with Crippen molar-refractivity contribution in [3.8, 4) is 0 Å². The average molecular weight is 256 g/mol. The topological polar surface area (TPSA) is 26.0 Å². The zero-order valence-corrected chi connectivity index (χ0v) is 10.9. The molecule has 1 aromatic rings. The van der Waals surface area contributed by atoms with Crippen molar-refractivity contribution < 1.29 is 0 Å². The molecular formula is C13H18ClNS. The molecule has 0 heterocycles. The van der Waals surface area contributed by atoms with Gasteiger partial charge in [-0.25, -0.2) is 0 Å². The first-order valence-electron chi connectivity index (χ1n) is 5.47. The summed E-state index contributed by atoms with van der Waals surface area (Å²) >= 11 is 7.67. The van der Waals surface area contributed by atoms with Crippen LogP contribution in [-0.4, -0.2) is 11.8 Å². The molecule has 3 heteroatoms. The molecule has 0 aromatic heterocycles. The minimum absolute atomic E-state index is 0.254. The van der Waals surface area contributed by atoms with Crippen LogP contribution in [0.2, 0.25) is 5.02 Å². The second kappa shape index (κ2) is 7.77. The van der Waals surface area contributed by atoms with E-state index in [2.05, 4.69) is 12.6 Å². The van der Waals surface area contributed by atoms with Gasteiger partial charge in [-0.05, 0) is 37.5 Å². The van der Waals surface area contributed by atoms with Gasteiger partial charge in [-0.15, -0.1) is 18.3 Å². The van der Waals surface area contributed by atoms with Crippen LogP contribution >= 0.6 is 23.4 Å². The van der Waals surface area contributed by atoms with Gasteiger partial charge in [0.25, 0.3) is 0 Å². The van der Waals surface area contributed by atoms with Crippen molar-refractivity contribution in [1.29, 1.82) is 0 Å². The average Bonchev–Trinajstić information content (AvgIpc) is 2.27. The Bertz CT molecular complexity index is 327. The van der Waals surface area contributed by atoms with Gasteiger partial charge in [0.15, 0.2) is 0 Å². The summed E-state index contributed by atoms with van der Waals surface area (Å²) in [6, 6.07) is 8.14. The number of allylic oxidation sites excluding steroid dienone is 1. The maximum absolute atomic E-state index is 6.01. The van der Waals surface area contributed by atoms with Gasteiger partial charge in [0.05, 0.1) is 0 Å². The molecule has 1 atom stereocenters. The number of halogens is 1. The molecule has 0 radical (unpaired) electrons. The number of thioether (sulfide) groups is 1. The molecule has 2 N–H and O–H groups in total. The van der Waals surface area contributed by atoms with Crippen molar-refractivity contribution in [3.63, 3.8) is 0 Å². The fourth-order valence-corrected chi connectivity index (χ4v) is 2.58. The molecule has 0 amide bonds. The summed E-state index contributed by atoms with van der Waals surface area (Å²) < 4.78 is 0. The summed E-state index contributed by atoms with van der Waals surface area (Å²) in [5, 5.41) is 0.783. The quantitative estimate of drug-likeness (QED) is 0.451. The van der Waals surface area contributed by atoms with E-state index in [1.165, 1.54) is 4.90 Å². The van der Waals surface area contributed by atoms with Gasteiger partial charge < -0.3 is 5.73 Å². The van der Waals surface area contributed by atoms with Gasteiger partial charge in [-0.1, -0.05) is 23.7 Å². The number of nitrogens with two attached hydrogens (primary N) is 1. The minimum Gasteiger partial charge on any atom is -0.327 e. The van der Waals surface area contributed by atoms with Crippen LogP contribution < -0.4 is 5.73 Å². The zero-order valence-electron chi connectivity index (χ0n) is 9.36. The summed E-state index contributed by atoms with van der Waals surface area (Å²) in [6.07, 6.45) is 5.17. The van der Waals surface area contributed by atoms with Crippen LogP contribution in [0.15, 0.2) is 41.8 Å². The predicted octanol–water partition coefficient (Wildman–Crippen LogP) is 4.12. The van der Waals surface area contributed by atoms with E-state index in [1.54, 1.807) is 11.8 Å². The van der Waals surface area contributed by atoms with E-state index in [1.807, 2.05) is 24.3 Å². The smallest absolute Gasteiger partial charge is 0.0417 e. The highest BCUT2D eigenvalue weighted by Gasteiger charge is 2.03. The third-order valence-corrected chi connectivity index (χ3v) is 3.66. The summed E-state index contributed by atoms with van der Waals surface area (Å²) in [5.74, 6) is 0.942. The number of unbranched alkanes of at least 4 members (excludes halogenated alkanes) is 1. The van der Waals surface area contributed by atoms with E-state index in [9.17, 15) is 0 Å². The zero-order chi connectivity index (χ0) is 11.8. The second-order valence-electron chi connectivity index (χ2n) is 3.75. The van der Waals surface area contributed by atoms with E-state index in [0.29, 0.717) is 0 Å². The van der Waals surface area contributed by atoms with Gasteiger partial charge in [0.1, 0.15) is 0 Å². The van der Waals surface area contributed by atoms with E-state index in [0.717, 1.165) is 30.0 Å². The Hall–Kier alpha value is -0.440. The minimum atomic E-state index is 0.254. The van der Waals surface area contributed by atoms with E-state index < -0.39 is 0 Å². The summed E-state index contributed by atoms with van der Waals surface area (Å²) in [7, 11) is 0. The van der Waals surface area contributed by atoms with Crippen LogP contribution in [0.5, 0.6) is 0 Å². The van der Waals surface area contributed by atoms with Crippen LogP contribution in [-0.2, 0) is 0 Å². The Morgan fingerprint density at radius 3 is 3.00 bits per heavy atom. The molecule has 0 saturated carbocycles. The standard InChI is InChI=1S/C13H18ClNS/c1-2-3-4-7-12(15)10-16-13-8-5-6-11(14)9-13/h2,5-6,8-9,12H,1,3-4,7,10,15H2. The van der Waals surface area contributed by atoms with Crippen LogP contribution in [0.25, 0.3) is 0 Å². The molecule has 0 fully saturated rings. The molecule has 0 saturated heterocycles. The maximum atomic E-state index is 6.01. The lowest BCUT2D eigenvalue weighted by molar-refractivity contribution is 0.637. The number of rotatable bonds is 7. The van der Waals surface area contributed by atoms with E-state index in [-0.39, 0.29) is 6.04 Å². The van der Waals surface area contributed by atoms with Crippen molar-refractivity contribution >= 4 is 23.4 Å². The van der Waals surface area contributed by atoms with Crippen LogP contribution in [0, 0.1) is 0 Å². The number of benzene rings is 1. The first-order valence-corrected chi connectivity index (χ1v) is 6.83. The first kappa shape index (κ1) is 13.6. The Morgan fingerprint density at radius 2 is 2.31 bits per heavy atom. The van der Waals surface area contributed by atoms with Crippen molar-refractivity contribution in [2.75, 3.05) is 5.75 Å². The van der Waals surface area contributed by atoms with Crippen LogP contribution in [0.4, 0.5) is 0 Å². The molecule has 0 spiro atoms. The van der Waals surface area contributed by atoms with Crippen molar-refractivity contribution in [2.45, 2.75) is 30.2 Å². The second-order valence-corrected chi connectivity index (χ2v) is 5.28. The highest BCUT2D eigenvalue weighted by atomic mass is 35.5. The van der Waals surface area contributed by atoms with Gasteiger partial charge in [-0.3, -0.25) is 0 Å². The third kappa shape index (κ3) is 5.59. The Kier molecular flexibility index (Phi) is 6.62. The molecular weight excluding hydrogens is 238 g/mol. The lowest BCUT2D eigenvalue weighted by Crippen LogP contribution is -2.22. The highest BCUT2D eigenvalue weighted by molar-refractivity contribution is 7.99. The van der Waals surface area contributed by atoms with Gasteiger partial charge in [0, 0.05) is 21.7 Å². The summed E-state index contributed by atoms with van der Waals surface area (Å²) in [4.78, 5) is 1.19. The molecule has 0 aliphatic carbocycles. The van der Waals surface area contributed by atoms with Gasteiger partial charge in [0.2, 0.25) is 0 Å². The Labute approximate surface area is 107 Å². The lowest BCUT2D eigenvalue weighted by atomic mass is 10.1. The largest absolute Gasteiger partial charge is 0.327 e. The van der Waals surface area contributed by atoms with Crippen molar-refractivity contribution in [1.82, 2.24) is 0 Å². The molecule has 1 aromatic carbocycles.